The van der Waals surface area contributed by atoms with Gasteiger partial charge in [0.15, 0.2) is 0 Å². The van der Waals surface area contributed by atoms with E-state index in [0.29, 0.717) is 45.7 Å². The van der Waals surface area contributed by atoms with Crippen LogP contribution in [-0.2, 0) is 0 Å². The molecule has 5 rings (SSSR count). The SMILES string of the molecule is C[C@H](NC(=O)c1ccc(C#N)cc1)C1[C@H]2CC(Oc3ncnc4cc(F)ccc34)C[C@H]12. The standard InChI is InChI=1S/C24H21FN4O2/c1-13(29-23(30)15-4-2-14(11-26)3-5-15)22-19-9-17(10-20(19)22)31-24-18-7-6-16(25)8-21(18)27-12-28-24/h2-8,12-13,17,19-20,22H,9-10H2,1H3,(H,29,30)/t13-,17?,19-,20-,22?/m0/s1. The van der Waals surface area contributed by atoms with Gasteiger partial charge in [-0.3, -0.25) is 4.79 Å². The van der Waals surface area contributed by atoms with Crippen molar-refractivity contribution >= 4 is 16.8 Å². The average Bonchev–Trinajstić information content (AvgIpc) is 3.29. The Balaban J connectivity index is 1.18. The monoisotopic (exact) mass is 416 g/mol. The minimum atomic E-state index is -0.334. The van der Waals surface area contributed by atoms with Gasteiger partial charge < -0.3 is 10.1 Å². The van der Waals surface area contributed by atoms with Crippen LogP contribution in [0.1, 0.15) is 35.7 Å². The summed E-state index contributed by atoms with van der Waals surface area (Å²) >= 11 is 0. The lowest BCUT2D eigenvalue weighted by atomic mass is 10.0. The van der Waals surface area contributed by atoms with Gasteiger partial charge in [-0.15, -0.1) is 0 Å². The second-order valence-corrected chi connectivity index (χ2v) is 8.41. The van der Waals surface area contributed by atoms with E-state index in [1.165, 1.54) is 18.5 Å². The Hall–Kier alpha value is -3.53. The minimum Gasteiger partial charge on any atom is -0.474 e. The normalized spacial score (nSPS) is 23.1. The molecule has 3 atom stereocenters. The van der Waals surface area contributed by atoms with E-state index in [1.807, 2.05) is 6.92 Å². The maximum Gasteiger partial charge on any atom is 0.251 e. The first-order valence-electron chi connectivity index (χ1n) is 10.4. The molecule has 1 N–H and O–H groups in total. The Morgan fingerprint density at radius 2 is 1.94 bits per heavy atom. The molecule has 2 aromatic carbocycles. The van der Waals surface area contributed by atoms with Gasteiger partial charge in [-0.1, -0.05) is 0 Å². The van der Waals surface area contributed by atoms with Gasteiger partial charge in [0, 0.05) is 17.7 Å². The number of amides is 1. The van der Waals surface area contributed by atoms with Gasteiger partial charge in [0.05, 0.1) is 22.5 Å². The van der Waals surface area contributed by atoms with Crippen molar-refractivity contribution < 1.29 is 13.9 Å². The molecule has 7 heteroatoms. The molecular formula is C24H21FN4O2. The third kappa shape index (κ3) is 3.70. The zero-order valence-corrected chi connectivity index (χ0v) is 17.0. The van der Waals surface area contributed by atoms with Gasteiger partial charge in [-0.05, 0) is 73.9 Å². The Morgan fingerprint density at radius 3 is 2.65 bits per heavy atom. The molecule has 0 saturated heterocycles. The predicted molar refractivity (Wildman–Crippen MR) is 112 cm³/mol. The van der Waals surface area contributed by atoms with E-state index in [9.17, 15) is 9.18 Å². The third-order valence-electron chi connectivity index (χ3n) is 6.52. The molecule has 0 unspecified atom stereocenters. The summed E-state index contributed by atoms with van der Waals surface area (Å²) in [4.78, 5) is 20.9. The largest absolute Gasteiger partial charge is 0.474 e. The number of halogens is 1. The molecule has 3 aromatic rings. The van der Waals surface area contributed by atoms with Gasteiger partial charge >= 0.3 is 0 Å². The number of aromatic nitrogens is 2. The number of rotatable bonds is 5. The van der Waals surface area contributed by atoms with E-state index in [2.05, 4.69) is 21.4 Å². The number of nitriles is 1. The molecule has 2 saturated carbocycles. The second kappa shape index (κ2) is 7.62. The van der Waals surface area contributed by atoms with Crippen molar-refractivity contribution in [2.75, 3.05) is 0 Å². The number of nitrogens with one attached hydrogen (secondary N) is 1. The summed E-state index contributed by atoms with van der Waals surface area (Å²) in [6.07, 6.45) is 3.30. The van der Waals surface area contributed by atoms with E-state index < -0.39 is 0 Å². The number of ether oxygens (including phenoxy) is 1. The predicted octanol–water partition coefficient (Wildman–Crippen LogP) is 3.86. The number of carbonyl (C=O) groups is 1. The van der Waals surface area contributed by atoms with Crippen LogP contribution in [0.5, 0.6) is 5.88 Å². The third-order valence-corrected chi connectivity index (χ3v) is 6.52. The molecule has 0 bridgehead atoms. The van der Waals surface area contributed by atoms with E-state index in [1.54, 1.807) is 30.3 Å². The molecule has 6 nitrogen and oxygen atoms in total. The summed E-state index contributed by atoms with van der Waals surface area (Å²) in [6, 6.07) is 13.2. The maximum atomic E-state index is 13.4. The van der Waals surface area contributed by atoms with E-state index in [0.717, 1.165) is 12.8 Å². The maximum absolute atomic E-state index is 13.4. The molecule has 1 aromatic heterocycles. The molecule has 0 aliphatic heterocycles. The molecule has 2 aliphatic rings. The molecule has 2 aliphatic carbocycles. The lowest BCUT2D eigenvalue weighted by Crippen LogP contribution is -2.36. The number of nitrogens with zero attached hydrogens (tertiary/aromatic N) is 3. The van der Waals surface area contributed by atoms with E-state index >= 15 is 0 Å². The van der Waals surface area contributed by atoms with Gasteiger partial charge in [0.25, 0.3) is 5.91 Å². The van der Waals surface area contributed by atoms with Gasteiger partial charge in [0.1, 0.15) is 18.2 Å². The van der Waals surface area contributed by atoms with Crippen LogP contribution in [0.4, 0.5) is 4.39 Å². The van der Waals surface area contributed by atoms with Crippen LogP contribution in [-0.4, -0.2) is 28.0 Å². The van der Waals surface area contributed by atoms with Gasteiger partial charge in [-0.2, -0.15) is 5.26 Å². The van der Waals surface area contributed by atoms with Crippen molar-refractivity contribution in [2.24, 2.45) is 17.8 Å². The van der Waals surface area contributed by atoms with Crippen molar-refractivity contribution in [1.82, 2.24) is 15.3 Å². The molecular weight excluding hydrogens is 395 g/mol. The molecule has 31 heavy (non-hydrogen) atoms. The topological polar surface area (TPSA) is 87.9 Å². The van der Waals surface area contributed by atoms with Crippen LogP contribution in [0.2, 0.25) is 0 Å². The number of hydrogen-bond acceptors (Lipinski definition) is 5. The number of hydrogen-bond donors (Lipinski definition) is 1. The van der Waals surface area contributed by atoms with Gasteiger partial charge in [-0.25, -0.2) is 14.4 Å². The highest BCUT2D eigenvalue weighted by Crippen LogP contribution is 2.59. The average molecular weight is 416 g/mol. The van der Waals surface area contributed by atoms with Crippen LogP contribution >= 0.6 is 0 Å². The van der Waals surface area contributed by atoms with Crippen LogP contribution in [0, 0.1) is 34.9 Å². The van der Waals surface area contributed by atoms with E-state index in [-0.39, 0.29) is 23.9 Å². The first kappa shape index (κ1) is 19.4. The number of fused-ring (bicyclic) bond motifs is 2. The Bertz CT molecular complexity index is 1180. The molecule has 156 valence electrons. The molecule has 1 heterocycles. The quantitative estimate of drug-likeness (QED) is 0.682. The molecule has 0 spiro atoms. The second-order valence-electron chi connectivity index (χ2n) is 8.41. The highest BCUT2D eigenvalue weighted by Gasteiger charge is 2.58. The lowest BCUT2D eigenvalue weighted by molar-refractivity contribution is 0.0930. The molecule has 1 amide bonds. The molecule has 2 fully saturated rings. The van der Waals surface area contributed by atoms with Crippen molar-refractivity contribution in [3.8, 4) is 11.9 Å². The van der Waals surface area contributed by atoms with Crippen molar-refractivity contribution in [2.45, 2.75) is 31.9 Å². The zero-order chi connectivity index (χ0) is 21.5. The van der Waals surface area contributed by atoms with Crippen LogP contribution in [0.3, 0.4) is 0 Å². The van der Waals surface area contributed by atoms with E-state index in [4.69, 9.17) is 10.00 Å². The van der Waals surface area contributed by atoms with Crippen molar-refractivity contribution in [3.05, 3.63) is 65.7 Å². The summed E-state index contributed by atoms with van der Waals surface area (Å²) in [6.45, 7) is 2.05. The fourth-order valence-electron chi connectivity index (χ4n) is 5.02. The summed E-state index contributed by atoms with van der Waals surface area (Å²) in [5.41, 5.74) is 1.63. The number of benzene rings is 2. The van der Waals surface area contributed by atoms with Crippen LogP contribution in [0.15, 0.2) is 48.8 Å². The summed E-state index contributed by atoms with van der Waals surface area (Å²) in [5.74, 6) is 1.53. The van der Waals surface area contributed by atoms with Crippen LogP contribution in [0.25, 0.3) is 10.9 Å². The minimum absolute atomic E-state index is 0.0656. The first-order valence-corrected chi connectivity index (χ1v) is 10.4. The first-order chi connectivity index (χ1) is 15.0. The fourth-order valence-corrected chi connectivity index (χ4v) is 5.02. The van der Waals surface area contributed by atoms with Crippen LogP contribution < -0.4 is 10.1 Å². The summed E-state index contributed by atoms with van der Waals surface area (Å²) in [7, 11) is 0. The lowest BCUT2D eigenvalue weighted by Gasteiger charge is -2.20. The van der Waals surface area contributed by atoms with Gasteiger partial charge in [0.2, 0.25) is 5.88 Å². The highest BCUT2D eigenvalue weighted by atomic mass is 19.1. The number of carbonyl (C=O) groups excluding carboxylic acids is 1. The zero-order valence-electron chi connectivity index (χ0n) is 17.0. The highest BCUT2D eigenvalue weighted by molar-refractivity contribution is 5.94. The molecule has 0 radical (unpaired) electrons. The Kier molecular flexibility index (Phi) is 4.78. The van der Waals surface area contributed by atoms with Crippen molar-refractivity contribution in [1.29, 1.82) is 5.26 Å². The Labute approximate surface area is 179 Å². The summed E-state index contributed by atoms with van der Waals surface area (Å²) < 4.78 is 19.6. The smallest absolute Gasteiger partial charge is 0.251 e. The fraction of sp³-hybridized carbons (Fsp3) is 0.333. The van der Waals surface area contributed by atoms with Crippen molar-refractivity contribution in [3.63, 3.8) is 0 Å². The summed E-state index contributed by atoms with van der Waals surface area (Å²) in [5, 5.41) is 12.7. The Morgan fingerprint density at radius 1 is 1.19 bits per heavy atom.